The molecule has 124 valence electrons. The molecule has 1 amide bonds. The summed E-state index contributed by atoms with van der Waals surface area (Å²) >= 11 is 4.68. The maximum Gasteiger partial charge on any atom is 0.262 e. The minimum Gasteiger partial charge on any atom is -0.345 e. The van der Waals surface area contributed by atoms with Crippen molar-refractivity contribution in [3.05, 3.63) is 61.4 Å². The molecule has 2 heterocycles. The number of carbonyl (C=O) groups excluding carboxylic acids is 1. The van der Waals surface area contributed by atoms with Crippen LogP contribution in [0.2, 0.25) is 0 Å². The number of hydrogen-bond donors (Lipinski definition) is 1. The second-order valence-corrected chi connectivity index (χ2v) is 7.56. The van der Waals surface area contributed by atoms with E-state index in [1.54, 1.807) is 14.0 Å². The van der Waals surface area contributed by atoms with Gasteiger partial charge in [0, 0.05) is 11.5 Å². The summed E-state index contributed by atoms with van der Waals surface area (Å²) in [6, 6.07) is 7.66. The second kappa shape index (κ2) is 6.49. The van der Waals surface area contributed by atoms with Crippen molar-refractivity contribution in [2.24, 2.45) is 7.05 Å². The summed E-state index contributed by atoms with van der Waals surface area (Å²) in [5, 5.41) is 3.51. The smallest absolute Gasteiger partial charge is 0.262 e. The maximum absolute atomic E-state index is 12.7. The van der Waals surface area contributed by atoms with Gasteiger partial charge in [-0.2, -0.15) is 0 Å². The molecular weight excluding hydrogens is 390 g/mol. The lowest BCUT2D eigenvalue weighted by atomic mass is 10.1. The Kier molecular flexibility index (Phi) is 4.56. The first-order chi connectivity index (χ1) is 11.4. The molecule has 1 atom stereocenters. The Balaban J connectivity index is 1.93. The van der Waals surface area contributed by atoms with Crippen LogP contribution in [0.3, 0.4) is 0 Å². The van der Waals surface area contributed by atoms with E-state index in [0.717, 1.165) is 10.0 Å². The largest absolute Gasteiger partial charge is 0.345 e. The van der Waals surface area contributed by atoms with E-state index < -0.39 is 0 Å². The maximum atomic E-state index is 12.7. The van der Waals surface area contributed by atoms with Gasteiger partial charge in [-0.25, -0.2) is 4.98 Å². The Labute approximate surface area is 151 Å². The Morgan fingerprint density at radius 3 is 2.88 bits per heavy atom. The monoisotopic (exact) mass is 405 g/mol. The molecule has 24 heavy (non-hydrogen) atoms. The molecule has 0 spiro atoms. The fraction of sp³-hybridized carbons (Fsp3) is 0.235. The first kappa shape index (κ1) is 16.9. The van der Waals surface area contributed by atoms with E-state index >= 15 is 0 Å². The fourth-order valence-corrected chi connectivity index (χ4v) is 4.01. The van der Waals surface area contributed by atoms with Gasteiger partial charge < -0.3 is 9.88 Å². The average molecular weight is 406 g/mol. The van der Waals surface area contributed by atoms with Crippen molar-refractivity contribution in [3.8, 4) is 0 Å². The van der Waals surface area contributed by atoms with Crippen molar-refractivity contribution in [1.82, 2.24) is 14.9 Å². The molecular formula is C17H16BrN3O2S. The van der Waals surface area contributed by atoms with Gasteiger partial charge in [0.2, 0.25) is 0 Å². The third-order valence-electron chi connectivity index (χ3n) is 3.91. The fourth-order valence-electron chi connectivity index (χ4n) is 2.55. The molecule has 0 bridgehead atoms. The van der Waals surface area contributed by atoms with Crippen molar-refractivity contribution in [1.29, 1.82) is 0 Å². The number of fused-ring (bicyclic) bond motifs is 1. The molecule has 0 saturated carbocycles. The van der Waals surface area contributed by atoms with Gasteiger partial charge in [-0.1, -0.05) is 28.1 Å². The number of halogens is 1. The number of carbonyl (C=O) groups is 1. The number of aromatic nitrogens is 2. The standard InChI is InChI=1S/C17H16BrN3O2S/c1-9-13-16(19-8-21(3)17(13)23)24-14(9)15(22)20-10(2)11-5-4-6-12(18)7-11/h4-8,10H,1-3H3,(H,20,22). The molecule has 0 fully saturated rings. The van der Waals surface area contributed by atoms with Crippen molar-refractivity contribution in [2.75, 3.05) is 0 Å². The summed E-state index contributed by atoms with van der Waals surface area (Å²) < 4.78 is 2.39. The lowest BCUT2D eigenvalue weighted by molar-refractivity contribution is 0.0943. The van der Waals surface area contributed by atoms with Gasteiger partial charge in [0.15, 0.2) is 0 Å². The molecule has 1 aromatic carbocycles. The van der Waals surface area contributed by atoms with E-state index in [1.165, 1.54) is 22.2 Å². The van der Waals surface area contributed by atoms with Crippen LogP contribution in [-0.4, -0.2) is 15.5 Å². The predicted octanol–water partition coefficient (Wildman–Crippen LogP) is 3.56. The first-order valence-electron chi connectivity index (χ1n) is 7.39. The van der Waals surface area contributed by atoms with E-state index in [9.17, 15) is 9.59 Å². The molecule has 3 aromatic rings. The summed E-state index contributed by atoms with van der Waals surface area (Å²) in [5.74, 6) is -0.190. The highest BCUT2D eigenvalue weighted by Crippen LogP contribution is 2.27. The van der Waals surface area contributed by atoms with E-state index in [0.29, 0.717) is 20.7 Å². The quantitative estimate of drug-likeness (QED) is 0.724. The molecule has 2 aromatic heterocycles. The summed E-state index contributed by atoms with van der Waals surface area (Å²) in [6.45, 7) is 3.72. The highest BCUT2D eigenvalue weighted by atomic mass is 79.9. The topological polar surface area (TPSA) is 64.0 Å². The third-order valence-corrected chi connectivity index (χ3v) is 5.60. The minimum atomic E-state index is -0.190. The van der Waals surface area contributed by atoms with Crippen molar-refractivity contribution >= 4 is 43.4 Å². The average Bonchev–Trinajstić information content (AvgIpc) is 2.88. The number of rotatable bonds is 3. The third kappa shape index (κ3) is 3.01. The number of amides is 1. The van der Waals surface area contributed by atoms with Gasteiger partial charge >= 0.3 is 0 Å². The van der Waals surface area contributed by atoms with Crippen LogP contribution >= 0.6 is 27.3 Å². The molecule has 5 nitrogen and oxygen atoms in total. The van der Waals surface area contributed by atoms with E-state index in [-0.39, 0.29) is 17.5 Å². The molecule has 1 unspecified atom stereocenters. The normalized spacial score (nSPS) is 12.3. The Morgan fingerprint density at radius 2 is 2.17 bits per heavy atom. The molecule has 1 N–H and O–H groups in total. The predicted molar refractivity (Wildman–Crippen MR) is 99.6 cm³/mol. The minimum absolute atomic E-state index is 0.132. The Hall–Kier alpha value is -1.99. The van der Waals surface area contributed by atoms with Crippen LogP contribution in [0.4, 0.5) is 0 Å². The van der Waals surface area contributed by atoms with Gasteiger partial charge in [0.05, 0.1) is 22.6 Å². The van der Waals surface area contributed by atoms with Gasteiger partial charge in [0.25, 0.3) is 11.5 Å². The van der Waals surface area contributed by atoms with E-state index in [2.05, 4.69) is 26.2 Å². The molecule has 7 heteroatoms. The summed E-state index contributed by atoms with van der Waals surface area (Å²) in [6.07, 6.45) is 1.48. The van der Waals surface area contributed by atoms with E-state index in [4.69, 9.17) is 0 Å². The van der Waals surface area contributed by atoms with Crippen LogP contribution in [0.5, 0.6) is 0 Å². The second-order valence-electron chi connectivity index (χ2n) is 5.65. The van der Waals surface area contributed by atoms with Crippen LogP contribution in [0.25, 0.3) is 10.2 Å². The molecule has 0 saturated heterocycles. The van der Waals surface area contributed by atoms with Gasteiger partial charge in [0.1, 0.15) is 4.83 Å². The molecule has 0 aliphatic carbocycles. The zero-order valence-electron chi connectivity index (χ0n) is 13.5. The Bertz CT molecular complexity index is 993. The van der Waals surface area contributed by atoms with Crippen LogP contribution in [0.15, 0.2) is 39.9 Å². The first-order valence-corrected chi connectivity index (χ1v) is 9.00. The Morgan fingerprint density at radius 1 is 1.42 bits per heavy atom. The van der Waals surface area contributed by atoms with Gasteiger partial charge in [-0.3, -0.25) is 9.59 Å². The van der Waals surface area contributed by atoms with E-state index in [1.807, 2.05) is 31.2 Å². The lowest BCUT2D eigenvalue weighted by Crippen LogP contribution is -2.26. The number of thiophene rings is 1. The number of aryl methyl sites for hydroxylation is 2. The highest BCUT2D eigenvalue weighted by Gasteiger charge is 2.20. The van der Waals surface area contributed by atoms with Crippen molar-refractivity contribution in [2.45, 2.75) is 19.9 Å². The van der Waals surface area contributed by atoms with Crippen LogP contribution in [-0.2, 0) is 7.05 Å². The summed E-state index contributed by atoms with van der Waals surface area (Å²) in [5.41, 5.74) is 1.56. The molecule has 0 radical (unpaired) electrons. The number of benzene rings is 1. The highest BCUT2D eigenvalue weighted by molar-refractivity contribution is 9.10. The number of hydrogen-bond acceptors (Lipinski definition) is 4. The van der Waals surface area contributed by atoms with Crippen molar-refractivity contribution in [3.63, 3.8) is 0 Å². The van der Waals surface area contributed by atoms with Crippen LogP contribution in [0.1, 0.15) is 33.8 Å². The van der Waals surface area contributed by atoms with Crippen LogP contribution in [0, 0.1) is 6.92 Å². The van der Waals surface area contributed by atoms with Gasteiger partial charge in [-0.05, 0) is 37.1 Å². The zero-order valence-corrected chi connectivity index (χ0v) is 15.9. The zero-order chi connectivity index (χ0) is 17.4. The summed E-state index contributed by atoms with van der Waals surface area (Å²) in [7, 11) is 1.65. The van der Waals surface area contributed by atoms with Gasteiger partial charge in [-0.15, -0.1) is 11.3 Å². The van der Waals surface area contributed by atoms with Crippen molar-refractivity contribution < 1.29 is 4.79 Å². The molecule has 0 aliphatic heterocycles. The summed E-state index contributed by atoms with van der Waals surface area (Å²) in [4.78, 5) is 30.3. The van der Waals surface area contributed by atoms with Crippen LogP contribution < -0.4 is 10.9 Å². The molecule has 3 rings (SSSR count). The SMILES string of the molecule is Cc1c(C(=O)NC(C)c2cccc(Br)c2)sc2ncn(C)c(=O)c12. The number of nitrogens with one attached hydrogen (secondary N) is 1. The number of nitrogens with zero attached hydrogens (tertiary/aromatic N) is 2. The lowest BCUT2D eigenvalue weighted by Gasteiger charge is -2.14. The molecule has 0 aliphatic rings.